The molecule has 7 nitrogen and oxygen atoms in total. The van der Waals surface area contributed by atoms with Gasteiger partial charge in [0.1, 0.15) is 5.54 Å². The van der Waals surface area contributed by atoms with E-state index in [1.807, 2.05) is 24.8 Å². The van der Waals surface area contributed by atoms with Crippen LogP contribution < -0.4 is 5.32 Å². The molecule has 2 aliphatic rings. The summed E-state index contributed by atoms with van der Waals surface area (Å²) in [5, 5.41) is 3.25. The third kappa shape index (κ3) is 6.38. The minimum atomic E-state index is -0.934. The van der Waals surface area contributed by atoms with E-state index in [4.69, 9.17) is 0 Å². The average molecular weight is 465 g/mol. The van der Waals surface area contributed by atoms with Crippen LogP contribution in [0.1, 0.15) is 53.9 Å². The highest BCUT2D eigenvalue weighted by Gasteiger charge is 2.45. The van der Waals surface area contributed by atoms with E-state index in [-0.39, 0.29) is 17.2 Å². The highest BCUT2D eigenvalue weighted by molar-refractivity contribution is 8.03. The van der Waals surface area contributed by atoms with Crippen LogP contribution in [0.25, 0.3) is 0 Å². The molecule has 0 aromatic carbocycles. The van der Waals surface area contributed by atoms with Gasteiger partial charge in [0, 0.05) is 25.4 Å². The Labute approximate surface area is 197 Å². The van der Waals surface area contributed by atoms with Crippen molar-refractivity contribution in [2.45, 2.75) is 59.4 Å². The lowest BCUT2D eigenvalue weighted by molar-refractivity contribution is -0.156. The van der Waals surface area contributed by atoms with E-state index in [1.165, 1.54) is 11.8 Å². The van der Waals surface area contributed by atoms with Gasteiger partial charge in [-0.3, -0.25) is 14.4 Å². The summed E-state index contributed by atoms with van der Waals surface area (Å²) in [6, 6.07) is 0. The summed E-state index contributed by atoms with van der Waals surface area (Å²) in [5.41, 5.74) is 0.594. The van der Waals surface area contributed by atoms with Crippen molar-refractivity contribution in [1.82, 2.24) is 20.0 Å². The quantitative estimate of drug-likeness (QED) is 0.420. The first-order valence-corrected chi connectivity index (χ1v) is 12.4. The largest absolute Gasteiger partial charge is 0.339 e. The van der Waals surface area contributed by atoms with Crippen LogP contribution in [-0.4, -0.2) is 84.5 Å². The Bertz CT molecular complexity index is 781. The van der Waals surface area contributed by atoms with Crippen LogP contribution in [0.4, 0.5) is 0 Å². The Morgan fingerprint density at radius 3 is 2.50 bits per heavy atom. The fraction of sp³-hybridized carbons (Fsp3) is 0.708. The molecule has 1 fully saturated rings. The fourth-order valence-corrected chi connectivity index (χ4v) is 5.25. The molecule has 0 aromatic rings. The Morgan fingerprint density at radius 1 is 1.22 bits per heavy atom. The summed E-state index contributed by atoms with van der Waals surface area (Å²) in [5.74, 6) is 0.506. The molecule has 1 saturated heterocycles. The third-order valence-electron chi connectivity index (χ3n) is 6.18. The van der Waals surface area contributed by atoms with Gasteiger partial charge in [-0.25, -0.2) is 0 Å². The Balaban J connectivity index is 2.15. The molecule has 2 heterocycles. The molecule has 0 aromatic heterocycles. The lowest BCUT2D eigenvalue weighted by Gasteiger charge is -2.46. The van der Waals surface area contributed by atoms with Crippen molar-refractivity contribution in [1.29, 1.82) is 0 Å². The standard InChI is InChI=1S/C24H40N4O3S/c1-23(2,3)18-15-19(20(25-17-29)32-16-18)21(30)28-14-13-27(22(31)24(28,4)5)12-10-8-9-11-26(6)7/h15,17H,8-14,16H2,1-7H3,(H,25,29). The van der Waals surface area contributed by atoms with Crippen LogP contribution in [-0.2, 0) is 14.4 Å². The molecule has 0 aliphatic carbocycles. The molecule has 0 saturated carbocycles. The summed E-state index contributed by atoms with van der Waals surface area (Å²) < 4.78 is 0. The van der Waals surface area contributed by atoms with Gasteiger partial charge in [0.05, 0.1) is 10.6 Å². The van der Waals surface area contributed by atoms with E-state index in [1.54, 1.807) is 4.90 Å². The smallest absolute Gasteiger partial charge is 0.257 e. The van der Waals surface area contributed by atoms with Crippen LogP contribution >= 0.6 is 11.8 Å². The van der Waals surface area contributed by atoms with Crippen molar-refractivity contribution in [3.05, 3.63) is 22.3 Å². The normalized spacial score (nSPS) is 19.4. The molecule has 2 rings (SSSR count). The van der Waals surface area contributed by atoms with Gasteiger partial charge in [-0.1, -0.05) is 32.8 Å². The number of rotatable bonds is 9. The maximum atomic E-state index is 13.6. The molecule has 0 radical (unpaired) electrons. The first kappa shape index (κ1) is 26.5. The highest BCUT2D eigenvalue weighted by Crippen LogP contribution is 2.37. The number of carbonyl (C=O) groups is 3. The van der Waals surface area contributed by atoms with Gasteiger partial charge in [0.25, 0.3) is 5.91 Å². The number of piperazine rings is 1. The Morgan fingerprint density at radius 2 is 1.91 bits per heavy atom. The molecular weight excluding hydrogens is 424 g/mol. The van der Waals surface area contributed by atoms with Crippen molar-refractivity contribution < 1.29 is 14.4 Å². The molecule has 0 spiro atoms. The number of nitrogens with zero attached hydrogens (tertiary/aromatic N) is 3. The summed E-state index contributed by atoms with van der Waals surface area (Å²) >= 11 is 1.47. The van der Waals surface area contributed by atoms with Crippen LogP contribution in [0, 0.1) is 5.41 Å². The number of hydrogen-bond acceptors (Lipinski definition) is 5. The van der Waals surface area contributed by atoms with E-state index >= 15 is 0 Å². The number of unbranched alkanes of at least 4 members (excludes halogenated alkanes) is 2. The molecule has 3 amide bonds. The lowest BCUT2D eigenvalue weighted by Crippen LogP contribution is -2.64. The van der Waals surface area contributed by atoms with Gasteiger partial charge < -0.3 is 20.0 Å². The lowest BCUT2D eigenvalue weighted by atomic mass is 9.86. The molecule has 0 bridgehead atoms. The van der Waals surface area contributed by atoms with Crippen LogP contribution in [0.5, 0.6) is 0 Å². The zero-order chi connectivity index (χ0) is 24.1. The van der Waals surface area contributed by atoms with E-state index in [0.29, 0.717) is 30.1 Å². The van der Waals surface area contributed by atoms with Crippen LogP contribution in [0.2, 0.25) is 0 Å². The Kier molecular flexibility index (Phi) is 8.99. The van der Waals surface area contributed by atoms with Gasteiger partial charge in [-0.2, -0.15) is 0 Å². The molecule has 8 heteroatoms. The predicted molar refractivity (Wildman–Crippen MR) is 131 cm³/mol. The molecule has 0 unspecified atom stereocenters. The van der Waals surface area contributed by atoms with Gasteiger partial charge >= 0.3 is 0 Å². The van der Waals surface area contributed by atoms with E-state index in [2.05, 4.69) is 45.1 Å². The second kappa shape index (κ2) is 10.9. The van der Waals surface area contributed by atoms with Crippen molar-refractivity contribution in [3.8, 4) is 0 Å². The molecule has 0 atom stereocenters. The maximum absolute atomic E-state index is 13.6. The Hall–Kier alpha value is -1.80. The summed E-state index contributed by atoms with van der Waals surface area (Å²) in [4.78, 5) is 43.8. The van der Waals surface area contributed by atoms with Gasteiger partial charge in [-0.15, -0.1) is 11.8 Å². The molecular formula is C24H40N4O3S. The first-order chi connectivity index (χ1) is 14.9. The van der Waals surface area contributed by atoms with E-state index < -0.39 is 5.54 Å². The number of carbonyl (C=O) groups excluding carboxylic acids is 3. The van der Waals surface area contributed by atoms with Crippen molar-refractivity contribution in [2.75, 3.05) is 46.0 Å². The third-order valence-corrected chi connectivity index (χ3v) is 7.26. The van der Waals surface area contributed by atoms with Crippen LogP contribution in [0.15, 0.2) is 22.3 Å². The SMILES string of the molecule is CN(C)CCCCCN1CCN(C(=O)C2=C(NC=O)SCC(C(C)(C)C)=C2)C(C)(C)C1=O. The second-order valence-corrected chi connectivity index (χ2v) is 11.4. The monoisotopic (exact) mass is 464 g/mol. The van der Waals surface area contributed by atoms with Crippen molar-refractivity contribution in [2.24, 2.45) is 5.41 Å². The molecule has 1 N–H and O–H groups in total. The van der Waals surface area contributed by atoms with Gasteiger partial charge in [0.15, 0.2) is 0 Å². The van der Waals surface area contributed by atoms with E-state index in [0.717, 1.165) is 43.7 Å². The zero-order valence-electron chi connectivity index (χ0n) is 20.8. The van der Waals surface area contributed by atoms with Gasteiger partial charge in [-0.05, 0) is 58.8 Å². The zero-order valence-corrected chi connectivity index (χ0v) is 21.6. The number of hydrogen-bond donors (Lipinski definition) is 1. The predicted octanol–water partition coefficient (Wildman–Crippen LogP) is 2.84. The second-order valence-electron chi connectivity index (χ2n) is 10.4. The summed E-state index contributed by atoms with van der Waals surface area (Å²) in [6.45, 7) is 12.8. The number of thioether (sulfide) groups is 1. The van der Waals surface area contributed by atoms with Crippen molar-refractivity contribution in [3.63, 3.8) is 0 Å². The first-order valence-electron chi connectivity index (χ1n) is 11.4. The minimum Gasteiger partial charge on any atom is -0.339 e. The average Bonchev–Trinajstić information content (AvgIpc) is 2.70. The highest BCUT2D eigenvalue weighted by atomic mass is 32.2. The number of amides is 3. The number of nitrogens with one attached hydrogen (secondary N) is 1. The maximum Gasteiger partial charge on any atom is 0.257 e. The van der Waals surface area contributed by atoms with Crippen LogP contribution in [0.3, 0.4) is 0 Å². The van der Waals surface area contributed by atoms with E-state index in [9.17, 15) is 14.4 Å². The molecule has 180 valence electrons. The minimum absolute atomic E-state index is 0.0151. The fourth-order valence-electron chi connectivity index (χ4n) is 4.00. The summed E-state index contributed by atoms with van der Waals surface area (Å²) in [7, 11) is 4.14. The topological polar surface area (TPSA) is 73.0 Å². The van der Waals surface area contributed by atoms with Gasteiger partial charge in [0.2, 0.25) is 12.3 Å². The summed E-state index contributed by atoms with van der Waals surface area (Å²) in [6.07, 6.45) is 5.68. The molecule has 2 aliphatic heterocycles. The molecule has 32 heavy (non-hydrogen) atoms. The van der Waals surface area contributed by atoms with Crippen molar-refractivity contribution >= 4 is 30.0 Å².